The maximum Gasteiger partial charge on any atom is 0.159 e. The van der Waals surface area contributed by atoms with Crippen LogP contribution in [0.1, 0.15) is 36.3 Å². The van der Waals surface area contributed by atoms with Crippen molar-refractivity contribution in [3.8, 4) is 16.9 Å². The SMILES string of the molecule is CCN1C[C@@H](CC(=O)Cc2c(C)c(-c3ccc4nccn4c3)nn2-c2ccccc2)[C@H](c2ccc(F)c(F)c2)O1. The largest absolute Gasteiger partial charge is 0.306 e. The molecular weight excluding hydrogens is 512 g/mol. The summed E-state index contributed by atoms with van der Waals surface area (Å²) in [5.74, 6) is -2.01. The van der Waals surface area contributed by atoms with Crippen LogP contribution in [0.25, 0.3) is 22.6 Å². The van der Waals surface area contributed by atoms with Gasteiger partial charge in [0, 0.05) is 56.0 Å². The van der Waals surface area contributed by atoms with Crippen LogP contribution in [0, 0.1) is 24.5 Å². The molecule has 7 nitrogen and oxygen atoms in total. The Morgan fingerprint density at radius 1 is 1.07 bits per heavy atom. The highest BCUT2D eigenvalue weighted by molar-refractivity contribution is 5.82. The van der Waals surface area contributed by atoms with E-state index in [0.717, 1.165) is 46.0 Å². The van der Waals surface area contributed by atoms with Gasteiger partial charge in [0.25, 0.3) is 0 Å². The number of hydrogen-bond donors (Lipinski definition) is 0. The zero-order valence-corrected chi connectivity index (χ0v) is 22.3. The number of imidazole rings is 1. The third-order valence-electron chi connectivity index (χ3n) is 7.51. The molecule has 2 atom stereocenters. The van der Waals surface area contributed by atoms with Crippen LogP contribution in [-0.4, -0.2) is 43.1 Å². The van der Waals surface area contributed by atoms with Gasteiger partial charge >= 0.3 is 0 Å². The number of carbonyl (C=O) groups excluding carboxylic acids is 1. The molecule has 2 aromatic carbocycles. The Morgan fingerprint density at radius 2 is 1.90 bits per heavy atom. The average Bonchev–Trinajstić information content (AvgIpc) is 3.68. The van der Waals surface area contributed by atoms with Crippen molar-refractivity contribution in [2.24, 2.45) is 5.92 Å². The fraction of sp³-hybridized carbons (Fsp3) is 0.258. The number of ketones is 1. The summed E-state index contributed by atoms with van der Waals surface area (Å²) in [5.41, 5.74) is 5.68. The first kappa shape index (κ1) is 26.0. The number of nitrogens with zero attached hydrogens (tertiary/aromatic N) is 5. The van der Waals surface area contributed by atoms with Gasteiger partial charge < -0.3 is 4.40 Å². The molecule has 1 fully saturated rings. The summed E-state index contributed by atoms with van der Waals surface area (Å²) in [4.78, 5) is 24.0. The van der Waals surface area contributed by atoms with E-state index >= 15 is 0 Å². The lowest BCUT2D eigenvalue weighted by Gasteiger charge is -2.18. The van der Waals surface area contributed by atoms with Gasteiger partial charge in [0.05, 0.1) is 17.1 Å². The van der Waals surface area contributed by atoms with Crippen molar-refractivity contribution in [3.05, 3.63) is 108 Å². The first-order chi connectivity index (χ1) is 19.4. The molecule has 1 aliphatic heterocycles. The van der Waals surface area contributed by atoms with Gasteiger partial charge in [-0.25, -0.2) is 18.4 Å². The van der Waals surface area contributed by atoms with E-state index in [2.05, 4.69) is 4.98 Å². The first-order valence-corrected chi connectivity index (χ1v) is 13.4. The number of aromatic nitrogens is 4. The predicted molar refractivity (Wildman–Crippen MR) is 147 cm³/mol. The number of halogens is 2. The molecule has 0 saturated carbocycles. The molecule has 0 amide bonds. The Morgan fingerprint density at radius 3 is 2.67 bits per heavy atom. The van der Waals surface area contributed by atoms with Crippen molar-refractivity contribution >= 4 is 11.4 Å². The van der Waals surface area contributed by atoms with Crippen molar-refractivity contribution in [2.45, 2.75) is 32.8 Å². The van der Waals surface area contributed by atoms with E-state index in [1.54, 1.807) is 11.3 Å². The maximum absolute atomic E-state index is 14.0. The quantitative estimate of drug-likeness (QED) is 0.245. The van der Waals surface area contributed by atoms with Gasteiger partial charge in [-0.15, -0.1) is 0 Å². The number of Topliss-reactive ketones (excluding diaryl/α,β-unsaturated/α-hetero) is 1. The smallest absolute Gasteiger partial charge is 0.159 e. The molecule has 4 heterocycles. The maximum atomic E-state index is 14.0. The normalized spacial score (nSPS) is 17.6. The number of pyridine rings is 1. The van der Waals surface area contributed by atoms with Crippen LogP contribution >= 0.6 is 0 Å². The van der Waals surface area contributed by atoms with E-state index < -0.39 is 17.7 Å². The Bertz CT molecular complexity index is 1680. The summed E-state index contributed by atoms with van der Waals surface area (Å²) in [6.07, 6.45) is 5.50. The number of hydrogen-bond acceptors (Lipinski definition) is 5. The summed E-state index contributed by atoms with van der Waals surface area (Å²) in [6, 6.07) is 17.5. The average molecular weight is 542 g/mol. The van der Waals surface area contributed by atoms with E-state index in [1.165, 1.54) is 6.07 Å². The molecule has 0 spiro atoms. The number of hydroxylamine groups is 2. The van der Waals surface area contributed by atoms with E-state index in [-0.39, 0.29) is 24.5 Å². The van der Waals surface area contributed by atoms with Crippen LogP contribution in [0.3, 0.4) is 0 Å². The lowest BCUT2D eigenvalue weighted by Crippen LogP contribution is -2.20. The molecule has 0 unspecified atom stereocenters. The number of benzene rings is 2. The topological polar surface area (TPSA) is 64.7 Å². The van der Waals surface area contributed by atoms with Crippen LogP contribution in [0.5, 0.6) is 0 Å². The molecule has 6 rings (SSSR count). The van der Waals surface area contributed by atoms with Crippen molar-refractivity contribution in [3.63, 3.8) is 0 Å². The van der Waals surface area contributed by atoms with Crippen LogP contribution < -0.4 is 0 Å². The van der Waals surface area contributed by atoms with Gasteiger partial charge in [-0.3, -0.25) is 9.63 Å². The molecular formula is C31H29F2N5O2. The monoisotopic (exact) mass is 541 g/mol. The van der Waals surface area contributed by atoms with Crippen molar-refractivity contribution in [2.75, 3.05) is 13.1 Å². The lowest BCUT2D eigenvalue weighted by atomic mass is 9.90. The van der Waals surface area contributed by atoms with Gasteiger partial charge in [0.15, 0.2) is 11.6 Å². The Balaban J connectivity index is 1.31. The van der Waals surface area contributed by atoms with Gasteiger partial charge in [0.2, 0.25) is 0 Å². The van der Waals surface area contributed by atoms with Crippen molar-refractivity contribution in [1.29, 1.82) is 0 Å². The number of rotatable bonds is 8. The lowest BCUT2D eigenvalue weighted by molar-refractivity contribution is -0.146. The highest BCUT2D eigenvalue weighted by atomic mass is 19.2. The van der Waals surface area contributed by atoms with E-state index in [1.807, 2.05) is 77.8 Å². The summed E-state index contributed by atoms with van der Waals surface area (Å²) < 4.78 is 31.4. The van der Waals surface area contributed by atoms with Gasteiger partial charge in [-0.1, -0.05) is 31.2 Å². The third-order valence-corrected chi connectivity index (χ3v) is 7.51. The molecule has 0 N–H and O–H groups in total. The molecule has 204 valence electrons. The molecule has 1 aliphatic rings. The van der Waals surface area contributed by atoms with E-state index in [9.17, 15) is 13.6 Å². The van der Waals surface area contributed by atoms with Gasteiger partial charge in [-0.2, -0.15) is 10.2 Å². The van der Waals surface area contributed by atoms with Gasteiger partial charge in [-0.05, 0) is 54.4 Å². The fourth-order valence-corrected chi connectivity index (χ4v) is 5.45. The predicted octanol–water partition coefficient (Wildman–Crippen LogP) is 5.90. The number of fused-ring (bicyclic) bond motifs is 1. The number of para-hydroxylation sites is 1. The van der Waals surface area contributed by atoms with Crippen LogP contribution in [-0.2, 0) is 16.1 Å². The molecule has 0 bridgehead atoms. The second-order valence-electron chi connectivity index (χ2n) is 10.1. The molecule has 0 radical (unpaired) electrons. The highest BCUT2D eigenvalue weighted by Gasteiger charge is 2.36. The Hall–Kier alpha value is -4.21. The summed E-state index contributed by atoms with van der Waals surface area (Å²) >= 11 is 0. The van der Waals surface area contributed by atoms with E-state index in [0.29, 0.717) is 18.7 Å². The highest BCUT2D eigenvalue weighted by Crippen LogP contribution is 2.37. The van der Waals surface area contributed by atoms with Crippen LogP contribution in [0.4, 0.5) is 8.78 Å². The number of carbonyl (C=O) groups is 1. The molecule has 5 aromatic rings. The minimum absolute atomic E-state index is 0.0240. The first-order valence-electron chi connectivity index (χ1n) is 13.4. The standard InChI is InChI=1S/C31H29F2N5O2/c1-3-37-19-23(31(40-37)21-9-11-26(32)27(33)16-21)15-25(39)17-28-20(2)30(35-38(28)24-7-5-4-6-8-24)22-10-12-29-34-13-14-36(29)18-22/h4-14,16,18,23,31H,3,15,17,19H2,1-2H3/t23-,31+/m1/s1. The summed E-state index contributed by atoms with van der Waals surface area (Å²) in [7, 11) is 0. The summed E-state index contributed by atoms with van der Waals surface area (Å²) in [5, 5.41) is 6.72. The second kappa shape index (κ2) is 10.7. The van der Waals surface area contributed by atoms with E-state index in [4.69, 9.17) is 9.94 Å². The van der Waals surface area contributed by atoms with Crippen LogP contribution in [0.15, 0.2) is 79.3 Å². The molecule has 3 aromatic heterocycles. The van der Waals surface area contributed by atoms with Crippen molar-refractivity contribution < 1.29 is 18.4 Å². The molecule has 40 heavy (non-hydrogen) atoms. The minimum Gasteiger partial charge on any atom is -0.306 e. The summed E-state index contributed by atoms with van der Waals surface area (Å²) in [6.45, 7) is 5.09. The second-order valence-corrected chi connectivity index (χ2v) is 10.1. The third kappa shape index (κ3) is 4.94. The molecule has 9 heteroatoms. The van der Waals surface area contributed by atoms with Gasteiger partial charge in [0.1, 0.15) is 17.5 Å². The zero-order chi connectivity index (χ0) is 27.8. The molecule has 0 aliphatic carbocycles. The fourth-order valence-electron chi connectivity index (χ4n) is 5.45. The Labute approximate surface area is 230 Å². The zero-order valence-electron chi connectivity index (χ0n) is 22.3. The minimum atomic E-state index is -0.926. The Kier molecular flexibility index (Phi) is 7.00. The molecule has 1 saturated heterocycles. The van der Waals surface area contributed by atoms with Crippen molar-refractivity contribution in [1.82, 2.24) is 24.2 Å². The van der Waals surface area contributed by atoms with Crippen LogP contribution in [0.2, 0.25) is 0 Å².